The first-order chi connectivity index (χ1) is 27.3. The summed E-state index contributed by atoms with van der Waals surface area (Å²) in [5.74, 6) is 0. The molecule has 0 saturated heterocycles. The Morgan fingerprint density at radius 2 is 0.655 bits per heavy atom. The smallest absolute Gasteiger partial charge is 0.135 e. The second kappa shape index (κ2) is 9.81. The molecule has 0 aliphatic carbocycles. The van der Waals surface area contributed by atoms with E-state index < -0.39 is 0 Å². The van der Waals surface area contributed by atoms with Gasteiger partial charge in [-0.25, -0.2) is 0 Å². The number of hydrogen-bond acceptors (Lipinski definition) is 4. The first-order valence-corrected chi connectivity index (χ1v) is 22.1. The minimum absolute atomic E-state index is 0.116. The molecule has 0 nitrogen and oxygen atoms in total. The van der Waals surface area contributed by atoms with Crippen LogP contribution >= 0.6 is 45.3 Å². The fraction of sp³-hybridized carbons (Fsp3) is 0. The minimum Gasteiger partial charge on any atom is -0.135 e. The predicted molar refractivity (Wildman–Crippen MR) is 249 cm³/mol. The van der Waals surface area contributed by atoms with E-state index in [0.29, 0.717) is 0 Å². The van der Waals surface area contributed by atoms with E-state index in [9.17, 15) is 0 Å². The molecule has 5 heteroatoms. The van der Waals surface area contributed by atoms with Crippen LogP contribution in [0.3, 0.4) is 0 Å². The van der Waals surface area contributed by atoms with Gasteiger partial charge in [0.2, 0.25) is 6.71 Å². The maximum absolute atomic E-state index is 2.61. The first kappa shape index (κ1) is 28.8. The SMILES string of the molecule is c1cc2c3c(c1)-c1c4c(cc5sc6ccccc6c5c4cc4sc5ccccc5c14)B3c1cc3sc4ccccc4c3c3cc4sc5ccccc5c4c-2c13. The van der Waals surface area contributed by atoms with E-state index in [1.807, 2.05) is 45.3 Å². The normalized spacial score (nSPS) is 13.4. The van der Waals surface area contributed by atoms with Crippen molar-refractivity contribution in [2.75, 3.05) is 0 Å². The minimum atomic E-state index is 0.116. The number of fused-ring (bicyclic) bond motifs is 20. The van der Waals surface area contributed by atoms with Crippen molar-refractivity contribution in [3.05, 3.63) is 140 Å². The fourth-order valence-corrected chi connectivity index (χ4v) is 15.5. The van der Waals surface area contributed by atoms with Crippen LogP contribution < -0.4 is 16.4 Å². The number of rotatable bonds is 0. The summed E-state index contributed by atoms with van der Waals surface area (Å²) in [6, 6.07) is 53.9. The molecule has 0 fully saturated rings. The zero-order valence-corrected chi connectivity index (χ0v) is 32.3. The molecule has 15 rings (SSSR count). The lowest BCUT2D eigenvalue weighted by Crippen LogP contribution is -2.57. The highest BCUT2D eigenvalue weighted by Gasteiger charge is 2.41. The van der Waals surface area contributed by atoms with Crippen molar-refractivity contribution in [1.82, 2.24) is 0 Å². The van der Waals surface area contributed by atoms with E-state index in [-0.39, 0.29) is 6.71 Å². The van der Waals surface area contributed by atoms with Crippen LogP contribution in [0.5, 0.6) is 0 Å². The Morgan fingerprint density at radius 3 is 1.07 bits per heavy atom. The van der Waals surface area contributed by atoms with Crippen molar-refractivity contribution < 1.29 is 0 Å². The van der Waals surface area contributed by atoms with Crippen LogP contribution in [-0.4, -0.2) is 6.71 Å². The summed E-state index contributed by atoms with van der Waals surface area (Å²) in [6.07, 6.45) is 0. The van der Waals surface area contributed by atoms with Crippen LogP contribution in [0.2, 0.25) is 0 Å². The molecule has 0 unspecified atom stereocenters. The van der Waals surface area contributed by atoms with E-state index in [0.717, 1.165) is 0 Å². The molecule has 0 spiro atoms. The summed E-state index contributed by atoms with van der Waals surface area (Å²) < 4.78 is 11.0. The van der Waals surface area contributed by atoms with Gasteiger partial charge in [0, 0.05) is 80.7 Å². The lowest BCUT2D eigenvalue weighted by atomic mass is 9.31. The third-order valence-electron chi connectivity index (χ3n) is 12.8. The molecule has 0 atom stereocenters. The molecule has 2 aliphatic heterocycles. The Labute approximate surface area is 330 Å². The van der Waals surface area contributed by atoms with Crippen LogP contribution in [0.25, 0.3) is 124 Å². The molecule has 0 radical (unpaired) electrons. The molecular formula is C50H23BS4. The highest BCUT2D eigenvalue weighted by molar-refractivity contribution is 7.28. The van der Waals surface area contributed by atoms with Gasteiger partial charge in [-0.05, 0) is 92.3 Å². The first-order valence-electron chi connectivity index (χ1n) is 18.9. The van der Waals surface area contributed by atoms with Gasteiger partial charge in [-0.15, -0.1) is 45.3 Å². The quantitative estimate of drug-likeness (QED) is 0.135. The zero-order chi connectivity index (χ0) is 35.3. The Kier molecular flexibility index (Phi) is 5.14. The third kappa shape index (κ3) is 3.36. The number of thiophene rings is 4. The summed E-state index contributed by atoms with van der Waals surface area (Å²) in [5.41, 5.74) is 10.1. The van der Waals surface area contributed by atoms with Crippen LogP contribution in [0.1, 0.15) is 0 Å². The Balaban J connectivity index is 1.24. The highest BCUT2D eigenvalue weighted by atomic mass is 32.1. The predicted octanol–water partition coefficient (Wildman–Crippen LogP) is 13.9. The molecule has 250 valence electrons. The molecule has 4 aromatic heterocycles. The van der Waals surface area contributed by atoms with Crippen molar-refractivity contribution >= 4 is 171 Å². The van der Waals surface area contributed by atoms with Gasteiger partial charge in [0.1, 0.15) is 0 Å². The standard InChI is InChI=1S/C50H23BS4/c1-5-16-34-24(10-1)42-30-20-38-46(26-12-3-7-18-36(26)52-38)48-28-14-9-15-29-49-45-31(21-39-47(49)27-13-4-8-19-37(27)53-39)43-25-11-2-6-17-35(25)55-41(43)23-33(45)51(50(28)29)32(44(30)48)22-40(42)54-34/h1-23H. The van der Waals surface area contributed by atoms with Gasteiger partial charge in [0.05, 0.1) is 0 Å². The summed E-state index contributed by atoms with van der Waals surface area (Å²) in [7, 11) is 0. The Morgan fingerprint density at radius 1 is 0.291 bits per heavy atom. The summed E-state index contributed by atoms with van der Waals surface area (Å²) >= 11 is 7.81. The molecular weight excluding hydrogens is 740 g/mol. The van der Waals surface area contributed by atoms with E-state index in [1.165, 1.54) is 141 Å². The summed E-state index contributed by atoms with van der Waals surface area (Å²) in [5, 5.41) is 16.8. The largest absolute Gasteiger partial charge is 0.244 e. The van der Waals surface area contributed by atoms with Crippen LogP contribution in [-0.2, 0) is 0 Å². The number of benzene rings is 9. The van der Waals surface area contributed by atoms with Gasteiger partial charge in [-0.1, -0.05) is 107 Å². The molecule has 0 amide bonds. The summed E-state index contributed by atoms with van der Waals surface area (Å²) in [6.45, 7) is 0.116. The van der Waals surface area contributed by atoms with E-state index >= 15 is 0 Å². The van der Waals surface area contributed by atoms with Gasteiger partial charge in [0.15, 0.2) is 0 Å². The van der Waals surface area contributed by atoms with Gasteiger partial charge >= 0.3 is 0 Å². The fourth-order valence-electron chi connectivity index (χ4n) is 10.9. The van der Waals surface area contributed by atoms with Gasteiger partial charge < -0.3 is 0 Å². The summed E-state index contributed by atoms with van der Waals surface area (Å²) in [4.78, 5) is 0. The van der Waals surface area contributed by atoms with Crippen molar-refractivity contribution in [3.8, 4) is 22.3 Å². The lowest BCUT2D eigenvalue weighted by Gasteiger charge is -2.35. The topological polar surface area (TPSA) is 0 Å². The van der Waals surface area contributed by atoms with E-state index in [1.54, 1.807) is 0 Å². The number of hydrogen-bond donors (Lipinski definition) is 0. The zero-order valence-electron chi connectivity index (χ0n) is 29.0. The Hall–Kier alpha value is -5.56. The molecule has 13 aromatic rings. The van der Waals surface area contributed by atoms with Crippen molar-refractivity contribution in [2.24, 2.45) is 0 Å². The van der Waals surface area contributed by atoms with Crippen LogP contribution in [0.4, 0.5) is 0 Å². The van der Waals surface area contributed by atoms with E-state index in [2.05, 4.69) is 140 Å². The average Bonchev–Trinajstić information content (AvgIpc) is 3.99. The second-order valence-corrected chi connectivity index (χ2v) is 19.7. The molecule has 55 heavy (non-hydrogen) atoms. The molecule has 9 aromatic carbocycles. The van der Waals surface area contributed by atoms with Crippen molar-refractivity contribution in [3.63, 3.8) is 0 Å². The third-order valence-corrected chi connectivity index (χ3v) is 17.3. The monoisotopic (exact) mass is 762 g/mol. The second-order valence-electron chi connectivity index (χ2n) is 15.4. The van der Waals surface area contributed by atoms with E-state index in [4.69, 9.17) is 0 Å². The van der Waals surface area contributed by atoms with Gasteiger partial charge in [-0.2, -0.15) is 0 Å². The average molecular weight is 763 g/mol. The molecule has 2 aliphatic rings. The lowest BCUT2D eigenvalue weighted by molar-refractivity contribution is 1.69. The molecule has 0 saturated carbocycles. The van der Waals surface area contributed by atoms with Crippen molar-refractivity contribution in [2.45, 2.75) is 0 Å². The highest BCUT2D eigenvalue weighted by Crippen LogP contribution is 2.53. The van der Waals surface area contributed by atoms with Crippen molar-refractivity contribution in [1.29, 1.82) is 0 Å². The van der Waals surface area contributed by atoms with Gasteiger partial charge in [0.25, 0.3) is 0 Å². The van der Waals surface area contributed by atoms with Crippen LogP contribution in [0.15, 0.2) is 140 Å². The Bertz CT molecular complexity index is 3710. The van der Waals surface area contributed by atoms with Gasteiger partial charge in [-0.3, -0.25) is 0 Å². The van der Waals surface area contributed by atoms with Crippen LogP contribution in [0, 0.1) is 0 Å². The molecule has 0 bridgehead atoms. The molecule has 0 N–H and O–H groups in total. The molecule has 6 heterocycles. The maximum Gasteiger partial charge on any atom is 0.244 e. The maximum atomic E-state index is 2.61.